The summed E-state index contributed by atoms with van der Waals surface area (Å²) in [5, 5.41) is 5.33. The van der Waals surface area contributed by atoms with Crippen molar-refractivity contribution in [3.8, 4) is 0 Å². The molecule has 0 bridgehead atoms. The fourth-order valence-corrected chi connectivity index (χ4v) is 1.98. The molecular weight excluding hydrogens is 272 g/mol. The topological polar surface area (TPSA) is 58.2 Å². The normalized spacial score (nSPS) is 12.7. The highest BCUT2D eigenvalue weighted by atomic mass is 32.1. The first-order valence-electron chi connectivity index (χ1n) is 6.53. The summed E-state index contributed by atoms with van der Waals surface area (Å²) in [4.78, 5) is 23.0. The van der Waals surface area contributed by atoms with Gasteiger partial charge in [-0.15, -0.1) is 0 Å². The molecule has 2 N–H and O–H groups in total. The zero-order valence-electron chi connectivity index (χ0n) is 12.4. The number of carbonyl (C=O) groups is 2. The van der Waals surface area contributed by atoms with Crippen LogP contribution in [0.4, 0.5) is 5.69 Å². The monoisotopic (exact) mass is 294 g/mol. The Morgan fingerprint density at radius 3 is 2.15 bits per heavy atom. The zero-order valence-corrected chi connectivity index (χ0v) is 13.3. The quantitative estimate of drug-likeness (QED) is 0.747. The van der Waals surface area contributed by atoms with Crippen molar-refractivity contribution in [3.63, 3.8) is 0 Å². The number of carbonyl (C=O) groups excluding carboxylic acids is 2. The van der Waals surface area contributed by atoms with Gasteiger partial charge in [-0.25, -0.2) is 0 Å². The van der Waals surface area contributed by atoms with Crippen LogP contribution in [-0.2, 0) is 15.0 Å². The number of benzene rings is 1. The van der Waals surface area contributed by atoms with E-state index in [1.807, 2.05) is 24.3 Å². The van der Waals surface area contributed by atoms with Gasteiger partial charge >= 0.3 is 0 Å². The summed E-state index contributed by atoms with van der Waals surface area (Å²) in [7, 11) is 0. The number of amides is 2. The maximum absolute atomic E-state index is 12.0. The van der Waals surface area contributed by atoms with Gasteiger partial charge in [0.25, 0.3) is 0 Å². The highest BCUT2D eigenvalue weighted by molar-refractivity contribution is 7.80. The Kier molecular flexibility index (Phi) is 5.62. The van der Waals surface area contributed by atoms with E-state index in [-0.39, 0.29) is 23.0 Å². The van der Waals surface area contributed by atoms with Crippen molar-refractivity contribution in [3.05, 3.63) is 29.8 Å². The van der Waals surface area contributed by atoms with Crippen molar-refractivity contribution in [2.75, 3.05) is 11.1 Å². The van der Waals surface area contributed by atoms with Crippen molar-refractivity contribution in [2.24, 2.45) is 0 Å². The van der Waals surface area contributed by atoms with Crippen LogP contribution in [0.25, 0.3) is 0 Å². The number of anilines is 1. The molecule has 0 radical (unpaired) electrons. The first kappa shape index (κ1) is 16.6. The standard InChI is InChI=1S/C15H22N2O2S/c1-10(18)16-13(9-20)14(19)17-12-7-5-11(6-8-12)15(2,3)4/h5-8,13,20H,9H2,1-4H3,(H,16,18)(H,17,19). The average molecular weight is 294 g/mol. The Morgan fingerprint density at radius 1 is 1.20 bits per heavy atom. The van der Waals surface area contributed by atoms with Gasteiger partial charge in [0.15, 0.2) is 0 Å². The highest BCUT2D eigenvalue weighted by Crippen LogP contribution is 2.23. The Morgan fingerprint density at radius 2 is 1.75 bits per heavy atom. The number of hydrogen-bond acceptors (Lipinski definition) is 3. The summed E-state index contributed by atoms with van der Waals surface area (Å²) in [5.41, 5.74) is 1.98. The van der Waals surface area contributed by atoms with E-state index in [1.54, 1.807) is 0 Å². The third-order valence-corrected chi connectivity index (χ3v) is 3.26. The van der Waals surface area contributed by atoms with Crippen molar-refractivity contribution >= 4 is 30.1 Å². The Labute approximate surface area is 125 Å². The van der Waals surface area contributed by atoms with Gasteiger partial charge in [-0.1, -0.05) is 32.9 Å². The minimum absolute atomic E-state index is 0.0758. The molecule has 4 nitrogen and oxygen atoms in total. The molecule has 1 aromatic rings. The van der Waals surface area contributed by atoms with Gasteiger partial charge < -0.3 is 10.6 Å². The van der Waals surface area contributed by atoms with Crippen molar-refractivity contribution in [1.82, 2.24) is 5.32 Å². The lowest BCUT2D eigenvalue weighted by atomic mass is 9.87. The summed E-state index contributed by atoms with van der Waals surface area (Å²) < 4.78 is 0. The third kappa shape index (κ3) is 4.89. The van der Waals surface area contributed by atoms with Gasteiger partial charge in [-0.2, -0.15) is 12.6 Å². The molecule has 0 saturated carbocycles. The second-order valence-corrected chi connectivity index (χ2v) is 6.12. The van der Waals surface area contributed by atoms with E-state index < -0.39 is 6.04 Å². The van der Waals surface area contributed by atoms with E-state index in [1.165, 1.54) is 12.5 Å². The largest absolute Gasteiger partial charge is 0.344 e. The van der Waals surface area contributed by atoms with E-state index in [2.05, 4.69) is 44.0 Å². The van der Waals surface area contributed by atoms with Gasteiger partial charge in [0.05, 0.1) is 0 Å². The third-order valence-electron chi connectivity index (χ3n) is 2.90. The molecular formula is C15H22N2O2S. The summed E-state index contributed by atoms with van der Waals surface area (Å²) in [6.45, 7) is 7.78. The van der Waals surface area contributed by atoms with Crippen LogP contribution in [0.3, 0.4) is 0 Å². The van der Waals surface area contributed by atoms with Crippen molar-refractivity contribution in [1.29, 1.82) is 0 Å². The molecule has 20 heavy (non-hydrogen) atoms. The SMILES string of the molecule is CC(=O)NC(CS)C(=O)Nc1ccc(C(C)(C)C)cc1. The molecule has 5 heteroatoms. The van der Waals surface area contributed by atoms with E-state index in [4.69, 9.17) is 0 Å². The van der Waals surface area contributed by atoms with Crippen LogP contribution in [0.15, 0.2) is 24.3 Å². The fourth-order valence-electron chi connectivity index (χ4n) is 1.72. The fraction of sp³-hybridized carbons (Fsp3) is 0.467. The number of hydrogen-bond donors (Lipinski definition) is 3. The number of thiol groups is 1. The van der Waals surface area contributed by atoms with Gasteiger partial charge in [0.1, 0.15) is 6.04 Å². The van der Waals surface area contributed by atoms with Gasteiger partial charge in [-0.05, 0) is 23.1 Å². The molecule has 0 aliphatic heterocycles. The molecule has 0 saturated heterocycles. The molecule has 1 atom stereocenters. The molecule has 2 amide bonds. The predicted octanol–water partition coefficient (Wildman–Crippen LogP) is 2.36. The second kappa shape index (κ2) is 6.79. The highest BCUT2D eigenvalue weighted by Gasteiger charge is 2.18. The molecule has 0 aromatic heterocycles. The molecule has 0 aliphatic carbocycles. The maximum Gasteiger partial charge on any atom is 0.247 e. The molecule has 0 aliphatic rings. The van der Waals surface area contributed by atoms with Crippen LogP contribution in [-0.4, -0.2) is 23.6 Å². The summed E-state index contributed by atoms with van der Waals surface area (Å²) in [5.74, 6) is -0.258. The molecule has 0 fully saturated rings. The molecule has 0 heterocycles. The van der Waals surface area contributed by atoms with Crippen LogP contribution in [0.2, 0.25) is 0 Å². The van der Waals surface area contributed by atoms with Crippen LogP contribution >= 0.6 is 12.6 Å². The molecule has 1 rings (SSSR count). The van der Waals surface area contributed by atoms with Gasteiger partial charge in [0, 0.05) is 18.4 Å². The Balaban J connectivity index is 2.73. The van der Waals surface area contributed by atoms with Gasteiger partial charge in [-0.3, -0.25) is 9.59 Å². The van der Waals surface area contributed by atoms with E-state index in [0.29, 0.717) is 5.69 Å². The molecule has 1 aromatic carbocycles. The predicted molar refractivity (Wildman–Crippen MR) is 85.2 cm³/mol. The van der Waals surface area contributed by atoms with E-state index in [0.717, 1.165) is 0 Å². The van der Waals surface area contributed by atoms with Crippen molar-refractivity contribution < 1.29 is 9.59 Å². The lowest BCUT2D eigenvalue weighted by molar-refractivity contribution is -0.124. The lowest BCUT2D eigenvalue weighted by Crippen LogP contribution is -2.44. The van der Waals surface area contributed by atoms with E-state index >= 15 is 0 Å². The van der Waals surface area contributed by atoms with Crippen molar-refractivity contribution in [2.45, 2.75) is 39.2 Å². The number of nitrogens with one attached hydrogen (secondary N) is 2. The van der Waals surface area contributed by atoms with Crippen LogP contribution in [0.1, 0.15) is 33.3 Å². The first-order valence-corrected chi connectivity index (χ1v) is 7.16. The zero-order chi connectivity index (χ0) is 15.3. The lowest BCUT2D eigenvalue weighted by Gasteiger charge is -2.20. The summed E-state index contributed by atoms with van der Waals surface area (Å²) >= 11 is 4.07. The molecule has 110 valence electrons. The molecule has 0 spiro atoms. The van der Waals surface area contributed by atoms with Crippen LogP contribution in [0.5, 0.6) is 0 Å². The Hall–Kier alpha value is -1.49. The minimum atomic E-state index is -0.627. The Bertz CT molecular complexity index is 478. The van der Waals surface area contributed by atoms with E-state index in [9.17, 15) is 9.59 Å². The van der Waals surface area contributed by atoms with Gasteiger partial charge in [0.2, 0.25) is 11.8 Å². The summed E-state index contributed by atoms with van der Waals surface area (Å²) in [6, 6.07) is 7.08. The summed E-state index contributed by atoms with van der Waals surface area (Å²) in [6.07, 6.45) is 0. The van der Waals surface area contributed by atoms with Crippen LogP contribution < -0.4 is 10.6 Å². The number of rotatable bonds is 4. The first-order chi connectivity index (χ1) is 9.24. The molecule has 1 unspecified atom stereocenters. The van der Waals surface area contributed by atoms with Crippen LogP contribution in [0, 0.1) is 0 Å². The maximum atomic E-state index is 12.0. The average Bonchev–Trinajstić information content (AvgIpc) is 2.35. The smallest absolute Gasteiger partial charge is 0.247 e. The second-order valence-electron chi connectivity index (χ2n) is 5.75. The minimum Gasteiger partial charge on any atom is -0.344 e.